The number of imidazole rings is 1. The summed E-state index contributed by atoms with van der Waals surface area (Å²) in [5.74, 6) is 1.90. The molecule has 0 bridgehead atoms. The molecule has 0 unspecified atom stereocenters. The van der Waals surface area contributed by atoms with E-state index < -0.39 is 0 Å². The van der Waals surface area contributed by atoms with E-state index in [0.717, 1.165) is 56.4 Å². The molecule has 0 spiro atoms. The molecule has 0 amide bonds. The largest absolute Gasteiger partial charge is 0.381 e. The maximum atomic E-state index is 5.53. The summed E-state index contributed by atoms with van der Waals surface area (Å²) in [6.07, 6.45) is 13.1. The molecular formula is C18H25N5O. The first-order valence-corrected chi connectivity index (χ1v) is 9.05. The van der Waals surface area contributed by atoms with Gasteiger partial charge < -0.3 is 4.74 Å². The second kappa shape index (κ2) is 6.99. The van der Waals surface area contributed by atoms with Gasteiger partial charge in [-0.1, -0.05) is 6.92 Å². The zero-order valence-electron chi connectivity index (χ0n) is 14.3. The SMILES string of the molecule is CCc1nccn1-c1cncc([C@@H]2CCCN2C2CCOCC2)n1. The van der Waals surface area contributed by atoms with Crippen molar-refractivity contribution in [2.45, 2.75) is 51.1 Å². The highest BCUT2D eigenvalue weighted by Gasteiger charge is 2.33. The predicted octanol–water partition coefficient (Wildman–Crippen LogP) is 2.54. The second-order valence-electron chi connectivity index (χ2n) is 6.61. The third-order valence-corrected chi connectivity index (χ3v) is 5.22. The minimum Gasteiger partial charge on any atom is -0.381 e. The third kappa shape index (κ3) is 2.96. The second-order valence-corrected chi connectivity index (χ2v) is 6.61. The fraction of sp³-hybridized carbons (Fsp3) is 0.611. The number of aromatic nitrogens is 4. The molecule has 2 aliphatic heterocycles. The van der Waals surface area contributed by atoms with Gasteiger partial charge in [-0.05, 0) is 32.2 Å². The van der Waals surface area contributed by atoms with Gasteiger partial charge in [-0.15, -0.1) is 0 Å². The topological polar surface area (TPSA) is 56.1 Å². The molecule has 1 atom stereocenters. The Morgan fingerprint density at radius 2 is 2.08 bits per heavy atom. The smallest absolute Gasteiger partial charge is 0.156 e. The van der Waals surface area contributed by atoms with E-state index in [1.165, 1.54) is 12.8 Å². The van der Waals surface area contributed by atoms with Gasteiger partial charge in [0, 0.05) is 38.1 Å². The van der Waals surface area contributed by atoms with E-state index in [0.29, 0.717) is 12.1 Å². The molecule has 4 rings (SSSR count). The van der Waals surface area contributed by atoms with Crippen molar-refractivity contribution in [2.75, 3.05) is 19.8 Å². The van der Waals surface area contributed by atoms with Crippen LogP contribution in [0.3, 0.4) is 0 Å². The number of aryl methyl sites for hydroxylation is 1. The molecule has 2 saturated heterocycles. The molecule has 0 aliphatic carbocycles. The van der Waals surface area contributed by atoms with Crippen LogP contribution in [-0.4, -0.2) is 50.2 Å². The molecule has 6 heteroatoms. The Morgan fingerprint density at radius 1 is 1.21 bits per heavy atom. The normalized spacial score (nSPS) is 23.0. The van der Waals surface area contributed by atoms with E-state index in [9.17, 15) is 0 Å². The standard InChI is InChI=1S/C18H25N5O/c1-2-17-20-7-9-23(17)18-13-19-12-15(21-18)16-4-3-8-22(16)14-5-10-24-11-6-14/h7,9,12-14,16H,2-6,8,10-11H2,1H3/t16-/m0/s1. The lowest BCUT2D eigenvalue weighted by molar-refractivity contribution is 0.0284. The van der Waals surface area contributed by atoms with Crippen molar-refractivity contribution in [3.63, 3.8) is 0 Å². The molecule has 4 heterocycles. The van der Waals surface area contributed by atoms with Crippen molar-refractivity contribution in [2.24, 2.45) is 0 Å². The summed E-state index contributed by atoms with van der Waals surface area (Å²) in [6.45, 7) is 5.04. The van der Waals surface area contributed by atoms with E-state index in [1.54, 1.807) is 0 Å². The highest BCUT2D eigenvalue weighted by molar-refractivity contribution is 5.24. The Bertz CT molecular complexity index is 680. The third-order valence-electron chi connectivity index (χ3n) is 5.22. The summed E-state index contributed by atoms with van der Waals surface area (Å²) >= 11 is 0. The summed E-state index contributed by atoms with van der Waals surface area (Å²) < 4.78 is 7.57. The van der Waals surface area contributed by atoms with Crippen LogP contribution >= 0.6 is 0 Å². The summed E-state index contributed by atoms with van der Waals surface area (Å²) in [4.78, 5) is 16.4. The minimum absolute atomic E-state index is 0.383. The zero-order chi connectivity index (χ0) is 16.4. The van der Waals surface area contributed by atoms with Gasteiger partial charge in [0.1, 0.15) is 5.82 Å². The van der Waals surface area contributed by atoms with Gasteiger partial charge in [0.15, 0.2) is 5.82 Å². The molecule has 0 radical (unpaired) electrons. The first-order chi connectivity index (χ1) is 11.9. The summed E-state index contributed by atoms with van der Waals surface area (Å²) in [7, 11) is 0. The zero-order valence-corrected chi connectivity index (χ0v) is 14.3. The van der Waals surface area contributed by atoms with E-state index >= 15 is 0 Å². The van der Waals surface area contributed by atoms with Crippen LogP contribution in [0.4, 0.5) is 0 Å². The Labute approximate surface area is 142 Å². The Morgan fingerprint density at radius 3 is 2.92 bits per heavy atom. The first-order valence-electron chi connectivity index (χ1n) is 9.05. The van der Waals surface area contributed by atoms with Crippen molar-refractivity contribution < 1.29 is 4.74 Å². The highest BCUT2D eigenvalue weighted by atomic mass is 16.5. The van der Waals surface area contributed by atoms with Crippen LogP contribution < -0.4 is 0 Å². The Kier molecular flexibility index (Phi) is 4.58. The number of ether oxygens (including phenoxy) is 1. The average Bonchev–Trinajstić information content (AvgIpc) is 3.31. The molecule has 24 heavy (non-hydrogen) atoms. The summed E-state index contributed by atoms with van der Waals surface area (Å²) in [5.41, 5.74) is 1.09. The fourth-order valence-corrected chi connectivity index (χ4v) is 4.01. The summed E-state index contributed by atoms with van der Waals surface area (Å²) in [6, 6.07) is 1.00. The van der Waals surface area contributed by atoms with Crippen LogP contribution in [-0.2, 0) is 11.2 Å². The molecule has 0 saturated carbocycles. The number of nitrogens with zero attached hydrogens (tertiary/aromatic N) is 5. The Balaban J connectivity index is 1.60. The maximum absolute atomic E-state index is 5.53. The highest BCUT2D eigenvalue weighted by Crippen LogP contribution is 2.35. The molecule has 2 fully saturated rings. The molecule has 0 N–H and O–H groups in total. The lowest BCUT2D eigenvalue weighted by atomic mass is 10.0. The van der Waals surface area contributed by atoms with Crippen LogP contribution in [0.25, 0.3) is 5.82 Å². The van der Waals surface area contributed by atoms with Gasteiger partial charge in [0.05, 0.1) is 24.1 Å². The molecule has 6 nitrogen and oxygen atoms in total. The molecule has 128 valence electrons. The van der Waals surface area contributed by atoms with Crippen LogP contribution in [0.1, 0.15) is 50.2 Å². The lowest BCUT2D eigenvalue weighted by Gasteiger charge is -2.35. The quantitative estimate of drug-likeness (QED) is 0.864. The average molecular weight is 327 g/mol. The number of rotatable bonds is 4. The predicted molar refractivity (Wildman–Crippen MR) is 91.1 cm³/mol. The van der Waals surface area contributed by atoms with E-state index in [2.05, 4.69) is 21.8 Å². The monoisotopic (exact) mass is 327 g/mol. The van der Waals surface area contributed by atoms with E-state index in [-0.39, 0.29) is 0 Å². The molecular weight excluding hydrogens is 302 g/mol. The molecule has 0 aromatic carbocycles. The van der Waals surface area contributed by atoms with Crippen molar-refractivity contribution in [3.05, 3.63) is 36.3 Å². The molecule has 2 aliphatic rings. The van der Waals surface area contributed by atoms with Crippen LogP contribution in [0.15, 0.2) is 24.8 Å². The Hall–Kier alpha value is -1.79. The number of likely N-dealkylation sites (tertiary alicyclic amines) is 1. The molecule has 2 aromatic heterocycles. The van der Waals surface area contributed by atoms with Gasteiger partial charge >= 0.3 is 0 Å². The van der Waals surface area contributed by atoms with Crippen molar-refractivity contribution in [1.82, 2.24) is 24.4 Å². The van der Waals surface area contributed by atoms with Crippen LogP contribution in [0, 0.1) is 0 Å². The minimum atomic E-state index is 0.383. The number of hydrogen-bond acceptors (Lipinski definition) is 5. The van der Waals surface area contributed by atoms with E-state index in [4.69, 9.17) is 9.72 Å². The van der Waals surface area contributed by atoms with Gasteiger partial charge in [0.25, 0.3) is 0 Å². The first kappa shape index (κ1) is 15.7. The molecule has 2 aromatic rings. The fourth-order valence-electron chi connectivity index (χ4n) is 4.01. The van der Waals surface area contributed by atoms with Crippen molar-refractivity contribution in [1.29, 1.82) is 0 Å². The summed E-state index contributed by atoms with van der Waals surface area (Å²) in [5, 5.41) is 0. The van der Waals surface area contributed by atoms with Gasteiger partial charge in [-0.25, -0.2) is 9.97 Å². The van der Waals surface area contributed by atoms with Crippen molar-refractivity contribution in [3.8, 4) is 5.82 Å². The van der Waals surface area contributed by atoms with Crippen LogP contribution in [0.5, 0.6) is 0 Å². The van der Waals surface area contributed by atoms with Gasteiger partial charge in [-0.2, -0.15) is 0 Å². The maximum Gasteiger partial charge on any atom is 0.156 e. The van der Waals surface area contributed by atoms with Crippen LogP contribution in [0.2, 0.25) is 0 Å². The van der Waals surface area contributed by atoms with E-state index in [1.807, 2.05) is 29.4 Å². The van der Waals surface area contributed by atoms with Gasteiger partial charge in [0.2, 0.25) is 0 Å². The lowest BCUT2D eigenvalue weighted by Crippen LogP contribution is -2.39. The number of hydrogen-bond donors (Lipinski definition) is 0. The van der Waals surface area contributed by atoms with Crippen molar-refractivity contribution >= 4 is 0 Å². The van der Waals surface area contributed by atoms with Gasteiger partial charge in [-0.3, -0.25) is 14.5 Å².